The number of nitrogens with zero attached hydrogens (tertiary/aromatic N) is 4. The van der Waals surface area contributed by atoms with E-state index in [9.17, 15) is 0 Å². The number of rotatable bonds is 3. The van der Waals surface area contributed by atoms with Gasteiger partial charge in [0.1, 0.15) is 0 Å². The standard InChI is InChI=1S/C13H22N4/c1-11-5-14-17(6-11)13-9-16(10-13)8-12-3-4-15(2)7-12/h5-6,12-13H,3-4,7-10H2,1-2H3. The average molecular weight is 234 g/mol. The van der Waals surface area contributed by atoms with Gasteiger partial charge in [0.2, 0.25) is 0 Å². The molecule has 0 radical (unpaired) electrons. The Morgan fingerprint density at radius 3 is 2.76 bits per heavy atom. The van der Waals surface area contributed by atoms with Gasteiger partial charge in [-0.2, -0.15) is 5.10 Å². The van der Waals surface area contributed by atoms with Crippen molar-refractivity contribution in [3.63, 3.8) is 0 Å². The Balaban J connectivity index is 1.45. The average Bonchev–Trinajstić information content (AvgIpc) is 2.81. The fraction of sp³-hybridized carbons (Fsp3) is 0.769. The predicted octanol–water partition coefficient (Wildman–Crippen LogP) is 1.000. The maximum atomic E-state index is 4.40. The Bertz CT molecular complexity index is 381. The molecule has 3 heterocycles. The molecule has 1 aromatic rings. The monoisotopic (exact) mass is 234 g/mol. The highest BCUT2D eigenvalue weighted by Gasteiger charge is 2.31. The Labute approximate surface area is 103 Å². The second-order valence-electron chi connectivity index (χ2n) is 5.79. The van der Waals surface area contributed by atoms with Crippen LogP contribution < -0.4 is 0 Å². The molecule has 2 aliphatic rings. The van der Waals surface area contributed by atoms with Crippen molar-refractivity contribution in [3.05, 3.63) is 18.0 Å². The van der Waals surface area contributed by atoms with Gasteiger partial charge in [-0.25, -0.2) is 0 Å². The summed E-state index contributed by atoms with van der Waals surface area (Å²) >= 11 is 0. The van der Waals surface area contributed by atoms with Crippen LogP contribution in [0.2, 0.25) is 0 Å². The van der Waals surface area contributed by atoms with Crippen molar-refractivity contribution >= 4 is 0 Å². The van der Waals surface area contributed by atoms with Crippen molar-refractivity contribution in [2.24, 2.45) is 5.92 Å². The van der Waals surface area contributed by atoms with E-state index in [0.29, 0.717) is 6.04 Å². The summed E-state index contributed by atoms with van der Waals surface area (Å²) in [6.45, 7) is 8.31. The van der Waals surface area contributed by atoms with Gasteiger partial charge in [0.25, 0.3) is 0 Å². The molecular weight excluding hydrogens is 212 g/mol. The van der Waals surface area contributed by atoms with Crippen LogP contribution in [0.3, 0.4) is 0 Å². The highest BCUT2D eigenvalue weighted by atomic mass is 15.4. The topological polar surface area (TPSA) is 24.3 Å². The zero-order chi connectivity index (χ0) is 11.8. The fourth-order valence-electron chi connectivity index (χ4n) is 3.03. The molecule has 0 bridgehead atoms. The van der Waals surface area contributed by atoms with Crippen LogP contribution in [-0.2, 0) is 0 Å². The highest BCUT2D eigenvalue weighted by Crippen LogP contribution is 2.24. The summed E-state index contributed by atoms with van der Waals surface area (Å²) < 4.78 is 2.13. The van der Waals surface area contributed by atoms with Gasteiger partial charge in [-0.3, -0.25) is 9.58 Å². The zero-order valence-electron chi connectivity index (χ0n) is 10.8. The van der Waals surface area contributed by atoms with Crippen LogP contribution in [0.25, 0.3) is 0 Å². The second-order valence-corrected chi connectivity index (χ2v) is 5.79. The molecule has 2 saturated heterocycles. The molecule has 0 saturated carbocycles. The summed E-state index contributed by atoms with van der Waals surface area (Å²) in [5.41, 5.74) is 1.26. The number of aryl methyl sites for hydroxylation is 1. The van der Waals surface area contributed by atoms with Crippen molar-refractivity contribution in [2.45, 2.75) is 19.4 Å². The maximum absolute atomic E-state index is 4.40. The fourth-order valence-corrected chi connectivity index (χ4v) is 3.03. The van der Waals surface area contributed by atoms with E-state index in [0.717, 1.165) is 5.92 Å². The Kier molecular flexibility index (Phi) is 2.92. The molecule has 17 heavy (non-hydrogen) atoms. The molecule has 4 nitrogen and oxygen atoms in total. The van der Waals surface area contributed by atoms with E-state index in [-0.39, 0.29) is 0 Å². The van der Waals surface area contributed by atoms with Crippen molar-refractivity contribution in [1.82, 2.24) is 19.6 Å². The Morgan fingerprint density at radius 1 is 1.35 bits per heavy atom. The molecule has 4 heteroatoms. The summed E-state index contributed by atoms with van der Waals surface area (Å²) in [6, 6.07) is 0.614. The lowest BCUT2D eigenvalue weighted by Crippen LogP contribution is -2.49. The lowest BCUT2D eigenvalue weighted by atomic mass is 10.0. The van der Waals surface area contributed by atoms with E-state index >= 15 is 0 Å². The quantitative estimate of drug-likeness (QED) is 0.780. The summed E-state index contributed by atoms with van der Waals surface area (Å²) in [6.07, 6.45) is 5.48. The van der Waals surface area contributed by atoms with Gasteiger partial charge in [-0.05, 0) is 38.4 Å². The highest BCUT2D eigenvalue weighted by molar-refractivity contribution is 5.02. The van der Waals surface area contributed by atoms with Crippen LogP contribution in [0.5, 0.6) is 0 Å². The van der Waals surface area contributed by atoms with Gasteiger partial charge < -0.3 is 4.90 Å². The molecule has 2 fully saturated rings. The summed E-state index contributed by atoms with van der Waals surface area (Å²) in [5.74, 6) is 0.889. The summed E-state index contributed by atoms with van der Waals surface area (Å²) in [4.78, 5) is 5.02. The van der Waals surface area contributed by atoms with Crippen LogP contribution in [0.1, 0.15) is 18.0 Å². The Morgan fingerprint density at radius 2 is 2.18 bits per heavy atom. The minimum absolute atomic E-state index is 0.614. The van der Waals surface area contributed by atoms with E-state index < -0.39 is 0 Å². The first-order valence-electron chi connectivity index (χ1n) is 6.62. The van der Waals surface area contributed by atoms with Gasteiger partial charge in [0.05, 0.1) is 12.2 Å². The molecule has 1 aromatic heterocycles. The number of hydrogen-bond acceptors (Lipinski definition) is 3. The smallest absolute Gasteiger partial charge is 0.0772 e. The van der Waals surface area contributed by atoms with Gasteiger partial charge in [0.15, 0.2) is 0 Å². The molecule has 0 aliphatic carbocycles. The summed E-state index contributed by atoms with van der Waals surface area (Å²) in [5, 5.41) is 4.40. The molecule has 0 N–H and O–H groups in total. The first-order chi connectivity index (χ1) is 8.20. The van der Waals surface area contributed by atoms with Crippen LogP contribution in [0.15, 0.2) is 12.4 Å². The predicted molar refractivity (Wildman–Crippen MR) is 68.0 cm³/mol. The number of hydrogen-bond donors (Lipinski definition) is 0. The van der Waals surface area contributed by atoms with Gasteiger partial charge >= 0.3 is 0 Å². The number of aromatic nitrogens is 2. The number of likely N-dealkylation sites (tertiary alicyclic amines) is 2. The van der Waals surface area contributed by atoms with E-state index in [4.69, 9.17) is 0 Å². The Hall–Kier alpha value is -0.870. The molecule has 0 spiro atoms. The normalized spacial score (nSPS) is 27.5. The molecule has 1 atom stereocenters. The minimum Gasteiger partial charge on any atom is -0.306 e. The lowest BCUT2D eigenvalue weighted by Gasteiger charge is -2.40. The first kappa shape index (κ1) is 11.2. The van der Waals surface area contributed by atoms with Gasteiger partial charge in [-0.1, -0.05) is 0 Å². The lowest BCUT2D eigenvalue weighted by molar-refractivity contribution is 0.0818. The third kappa shape index (κ3) is 2.38. The molecule has 1 unspecified atom stereocenters. The van der Waals surface area contributed by atoms with E-state index in [1.807, 2.05) is 6.20 Å². The van der Waals surface area contributed by atoms with E-state index in [2.05, 4.69) is 39.7 Å². The van der Waals surface area contributed by atoms with E-state index in [1.54, 1.807) is 0 Å². The molecule has 0 aromatic carbocycles. The van der Waals surface area contributed by atoms with Gasteiger partial charge in [0, 0.05) is 32.4 Å². The largest absolute Gasteiger partial charge is 0.306 e. The van der Waals surface area contributed by atoms with Crippen LogP contribution in [0.4, 0.5) is 0 Å². The molecule has 94 valence electrons. The van der Waals surface area contributed by atoms with Crippen molar-refractivity contribution in [3.8, 4) is 0 Å². The zero-order valence-corrected chi connectivity index (χ0v) is 10.8. The third-order valence-corrected chi connectivity index (χ3v) is 4.05. The van der Waals surface area contributed by atoms with Crippen molar-refractivity contribution < 1.29 is 0 Å². The van der Waals surface area contributed by atoms with Crippen LogP contribution in [-0.4, -0.2) is 59.4 Å². The van der Waals surface area contributed by atoms with Gasteiger partial charge in [-0.15, -0.1) is 0 Å². The summed E-state index contributed by atoms with van der Waals surface area (Å²) in [7, 11) is 2.23. The maximum Gasteiger partial charge on any atom is 0.0772 e. The SMILES string of the molecule is Cc1cnn(C2CN(CC3CCN(C)C3)C2)c1. The molecule has 3 rings (SSSR count). The molecular formula is C13H22N4. The first-order valence-corrected chi connectivity index (χ1v) is 6.62. The van der Waals surface area contributed by atoms with Crippen LogP contribution >= 0.6 is 0 Å². The van der Waals surface area contributed by atoms with Crippen molar-refractivity contribution in [1.29, 1.82) is 0 Å². The molecule has 2 aliphatic heterocycles. The van der Waals surface area contributed by atoms with E-state index in [1.165, 1.54) is 44.7 Å². The third-order valence-electron chi connectivity index (χ3n) is 4.05. The second kappa shape index (κ2) is 4.42. The van der Waals surface area contributed by atoms with Crippen molar-refractivity contribution in [2.75, 3.05) is 39.8 Å². The van der Waals surface area contributed by atoms with Crippen LogP contribution in [0, 0.1) is 12.8 Å². The minimum atomic E-state index is 0.614. The molecule has 0 amide bonds.